The highest BCUT2D eigenvalue weighted by Crippen LogP contribution is 2.42. The van der Waals surface area contributed by atoms with Crippen molar-refractivity contribution in [2.45, 2.75) is 174 Å². The van der Waals surface area contributed by atoms with E-state index >= 15 is 0 Å². The molecule has 6 nitrogen and oxygen atoms in total. The highest BCUT2D eigenvalue weighted by atomic mass is 28.4. The molecule has 0 spiro atoms. The van der Waals surface area contributed by atoms with E-state index in [2.05, 4.69) is 81.6 Å². The summed E-state index contributed by atoms with van der Waals surface area (Å²) >= 11 is 0. The van der Waals surface area contributed by atoms with Gasteiger partial charge in [-0.3, -0.25) is 0 Å². The zero-order valence-electron chi connectivity index (χ0n) is 27.9. The lowest BCUT2D eigenvalue weighted by molar-refractivity contribution is -0.268. The molecular formula is C32H62O6Si2. The van der Waals surface area contributed by atoms with Gasteiger partial charge in [0.25, 0.3) is 0 Å². The molecule has 1 aliphatic carbocycles. The fourth-order valence-corrected chi connectivity index (χ4v) is 7.52. The second-order valence-electron chi connectivity index (χ2n) is 15.3. The van der Waals surface area contributed by atoms with Crippen LogP contribution in [0.25, 0.3) is 0 Å². The van der Waals surface area contributed by atoms with Crippen molar-refractivity contribution in [1.29, 1.82) is 0 Å². The Morgan fingerprint density at radius 1 is 0.925 bits per heavy atom. The number of hydrogen-bond donors (Lipinski definition) is 0. The number of hydrogen-bond acceptors (Lipinski definition) is 6. The Morgan fingerprint density at radius 2 is 1.48 bits per heavy atom. The molecule has 0 amide bonds. The number of ether oxygens (including phenoxy) is 3. The van der Waals surface area contributed by atoms with Gasteiger partial charge in [-0.15, -0.1) is 0 Å². The smallest absolute Gasteiger partial charge is 0.330 e. The highest BCUT2D eigenvalue weighted by molar-refractivity contribution is 6.74. The SMILES string of the molecule is C[C@H](CC/C=C/C(=O)OCC1CCCCC1)O[C@@H]1O[C@@H](C)[C@H](O[Si](C)(C)C(C)(C)C)C[C@H]1O[Si](C)(C)C(C)(C)C. The Morgan fingerprint density at radius 3 is 2.02 bits per heavy atom. The van der Waals surface area contributed by atoms with Gasteiger partial charge in [-0.25, -0.2) is 4.79 Å². The number of carbonyl (C=O) groups is 1. The summed E-state index contributed by atoms with van der Waals surface area (Å²) < 4.78 is 32.2. The van der Waals surface area contributed by atoms with E-state index < -0.39 is 22.9 Å². The minimum absolute atomic E-state index is 0.0200. The molecular weight excluding hydrogens is 537 g/mol. The van der Waals surface area contributed by atoms with Gasteiger partial charge < -0.3 is 23.1 Å². The van der Waals surface area contributed by atoms with Gasteiger partial charge in [0.1, 0.15) is 0 Å². The standard InChI is InChI=1S/C32H62O6Si2/c1-24(18-16-17-21-29(33)34-23-26-19-14-13-15-20-26)35-30-28(38-40(11,12)32(6,7)8)22-27(25(2)36-30)37-39(9,10)31(3,4)5/h17,21,24-28,30H,13-16,18-20,22-23H2,1-12H3/b21-17+/t24-,25+,27-,28-,30-/m1/s1. The molecule has 1 heterocycles. The topological polar surface area (TPSA) is 63.2 Å². The van der Waals surface area contributed by atoms with E-state index in [1.54, 1.807) is 6.08 Å². The van der Waals surface area contributed by atoms with Gasteiger partial charge in [-0.2, -0.15) is 0 Å². The minimum Gasteiger partial charge on any atom is -0.462 e. The van der Waals surface area contributed by atoms with Crippen LogP contribution in [0.1, 0.15) is 107 Å². The largest absolute Gasteiger partial charge is 0.462 e. The summed E-state index contributed by atoms with van der Waals surface area (Å²) in [5, 5.41) is 0.207. The van der Waals surface area contributed by atoms with Crippen molar-refractivity contribution < 1.29 is 27.9 Å². The maximum absolute atomic E-state index is 12.1. The van der Waals surface area contributed by atoms with Crippen molar-refractivity contribution in [1.82, 2.24) is 0 Å². The number of carbonyl (C=O) groups excluding carboxylic acids is 1. The molecule has 0 N–H and O–H groups in total. The summed E-state index contributed by atoms with van der Waals surface area (Å²) in [5.41, 5.74) is 0. The second-order valence-corrected chi connectivity index (χ2v) is 24.9. The van der Waals surface area contributed by atoms with Crippen LogP contribution < -0.4 is 0 Å². The first-order chi connectivity index (χ1) is 18.3. The van der Waals surface area contributed by atoms with Crippen LogP contribution in [0.3, 0.4) is 0 Å². The molecule has 2 rings (SSSR count). The first kappa shape index (κ1) is 35.7. The lowest BCUT2D eigenvalue weighted by atomic mass is 9.90. The fourth-order valence-electron chi connectivity index (χ4n) is 4.81. The van der Waals surface area contributed by atoms with E-state index in [-0.39, 0.29) is 40.5 Å². The molecule has 2 fully saturated rings. The van der Waals surface area contributed by atoms with Crippen LogP contribution in [0.2, 0.25) is 36.3 Å². The second kappa shape index (κ2) is 14.8. The molecule has 234 valence electrons. The van der Waals surface area contributed by atoms with Crippen LogP contribution in [0, 0.1) is 5.92 Å². The van der Waals surface area contributed by atoms with Crippen molar-refractivity contribution >= 4 is 22.6 Å². The molecule has 1 saturated carbocycles. The molecule has 0 aromatic heterocycles. The van der Waals surface area contributed by atoms with Gasteiger partial charge in [0.05, 0.1) is 31.0 Å². The van der Waals surface area contributed by atoms with Gasteiger partial charge in [0, 0.05) is 12.5 Å². The van der Waals surface area contributed by atoms with Crippen LogP contribution in [0.5, 0.6) is 0 Å². The Kier molecular flexibility index (Phi) is 13.2. The minimum atomic E-state index is -2.06. The Labute approximate surface area is 248 Å². The highest BCUT2D eigenvalue weighted by Gasteiger charge is 2.48. The quantitative estimate of drug-likeness (QED) is 0.127. The van der Waals surface area contributed by atoms with Crippen molar-refractivity contribution in [3.05, 3.63) is 12.2 Å². The average molecular weight is 599 g/mol. The van der Waals surface area contributed by atoms with Gasteiger partial charge in [0.2, 0.25) is 0 Å². The van der Waals surface area contributed by atoms with Crippen LogP contribution in [0.15, 0.2) is 12.2 Å². The van der Waals surface area contributed by atoms with E-state index in [1.807, 2.05) is 6.08 Å². The Bertz CT molecular complexity index is 807. The normalized spacial score (nSPS) is 26.7. The first-order valence-electron chi connectivity index (χ1n) is 15.8. The molecule has 1 aliphatic heterocycles. The summed E-state index contributed by atoms with van der Waals surface area (Å²) in [6.45, 7) is 27.5. The van der Waals surface area contributed by atoms with Crippen LogP contribution >= 0.6 is 0 Å². The monoisotopic (exact) mass is 598 g/mol. The molecule has 0 radical (unpaired) electrons. The lowest BCUT2D eigenvalue weighted by Gasteiger charge is -2.48. The molecule has 40 heavy (non-hydrogen) atoms. The number of esters is 1. The molecule has 1 saturated heterocycles. The van der Waals surface area contributed by atoms with Crippen molar-refractivity contribution in [3.8, 4) is 0 Å². The van der Waals surface area contributed by atoms with Gasteiger partial charge in [-0.05, 0) is 81.7 Å². The summed E-state index contributed by atoms with van der Waals surface area (Å²) in [6.07, 6.45) is 11.2. The third-order valence-corrected chi connectivity index (χ3v) is 18.7. The molecule has 0 bridgehead atoms. The average Bonchev–Trinajstić information content (AvgIpc) is 2.82. The van der Waals surface area contributed by atoms with Crippen LogP contribution in [-0.4, -0.2) is 59.9 Å². The van der Waals surface area contributed by atoms with Crippen molar-refractivity contribution in [2.75, 3.05) is 6.61 Å². The number of rotatable bonds is 12. The predicted molar refractivity (Wildman–Crippen MR) is 170 cm³/mol. The molecule has 0 unspecified atom stereocenters. The predicted octanol–water partition coefficient (Wildman–Crippen LogP) is 8.77. The first-order valence-corrected chi connectivity index (χ1v) is 21.6. The maximum Gasteiger partial charge on any atom is 0.330 e. The van der Waals surface area contributed by atoms with E-state index in [1.165, 1.54) is 32.1 Å². The zero-order valence-corrected chi connectivity index (χ0v) is 29.9. The van der Waals surface area contributed by atoms with Crippen LogP contribution in [0.4, 0.5) is 0 Å². The van der Waals surface area contributed by atoms with E-state index in [9.17, 15) is 4.79 Å². The summed E-state index contributed by atoms with van der Waals surface area (Å²) in [5.74, 6) is 0.296. The Balaban J connectivity index is 1.97. The number of allylic oxidation sites excluding steroid dienone is 1. The van der Waals surface area contributed by atoms with E-state index in [4.69, 9.17) is 23.1 Å². The fraction of sp³-hybridized carbons (Fsp3) is 0.906. The van der Waals surface area contributed by atoms with Gasteiger partial charge in [0.15, 0.2) is 22.9 Å². The molecule has 0 aromatic rings. The van der Waals surface area contributed by atoms with Gasteiger partial charge in [-0.1, -0.05) is 66.9 Å². The van der Waals surface area contributed by atoms with E-state index in [0.29, 0.717) is 12.5 Å². The molecule has 8 heteroatoms. The lowest BCUT2D eigenvalue weighted by Crippen LogP contribution is -2.57. The van der Waals surface area contributed by atoms with E-state index in [0.717, 1.165) is 19.3 Å². The molecule has 2 aliphatic rings. The molecule has 0 aromatic carbocycles. The van der Waals surface area contributed by atoms with Crippen LogP contribution in [-0.2, 0) is 27.9 Å². The third-order valence-electron chi connectivity index (χ3n) is 9.69. The summed E-state index contributed by atoms with van der Waals surface area (Å²) in [4.78, 5) is 12.1. The summed E-state index contributed by atoms with van der Waals surface area (Å²) in [6, 6.07) is 0. The zero-order chi connectivity index (χ0) is 30.4. The maximum atomic E-state index is 12.1. The van der Waals surface area contributed by atoms with Crippen molar-refractivity contribution in [2.24, 2.45) is 5.92 Å². The van der Waals surface area contributed by atoms with Gasteiger partial charge >= 0.3 is 5.97 Å². The third kappa shape index (κ3) is 11.0. The van der Waals surface area contributed by atoms with Crippen molar-refractivity contribution in [3.63, 3.8) is 0 Å². The Hall–Kier alpha value is -0.516. The summed E-state index contributed by atoms with van der Waals surface area (Å²) in [7, 11) is -4.03. The molecule has 5 atom stereocenters.